The first-order valence-corrected chi connectivity index (χ1v) is 6.29. The molecule has 2 aromatic heterocycles. The first-order chi connectivity index (χ1) is 9.60. The maximum atomic E-state index is 11.3. The van der Waals surface area contributed by atoms with Crippen molar-refractivity contribution in [3.63, 3.8) is 0 Å². The summed E-state index contributed by atoms with van der Waals surface area (Å²) in [6.07, 6.45) is 1.59. The van der Waals surface area contributed by atoms with Crippen LogP contribution in [0.5, 0.6) is 0 Å². The Labute approximate surface area is 119 Å². The molecular weight excluding hydrogens is 284 g/mol. The molecular formula is C11H13ClN6O2. The monoisotopic (exact) mass is 296 g/mol. The molecule has 0 aliphatic rings. The summed E-state index contributed by atoms with van der Waals surface area (Å²) in [4.78, 5) is 26.1. The van der Waals surface area contributed by atoms with Crippen molar-refractivity contribution in [3.8, 4) is 0 Å². The van der Waals surface area contributed by atoms with Gasteiger partial charge >= 0.3 is 5.97 Å². The molecule has 0 aliphatic carbocycles. The van der Waals surface area contributed by atoms with Crippen LogP contribution in [-0.4, -0.2) is 38.2 Å². The number of aromatic nitrogens is 4. The number of H-pyrrole nitrogens is 1. The van der Waals surface area contributed by atoms with Crippen LogP contribution in [0.3, 0.4) is 0 Å². The minimum Gasteiger partial charge on any atom is -0.466 e. The lowest BCUT2D eigenvalue weighted by Crippen LogP contribution is -2.10. The van der Waals surface area contributed by atoms with E-state index in [4.69, 9.17) is 16.3 Å². The van der Waals surface area contributed by atoms with E-state index >= 15 is 0 Å². The maximum Gasteiger partial charge on any atom is 0.311 e. The van der Waals surface area contributed by atoms with Crippen LogP contribution in [0.15, 0.2) is 11.4 Å². The lowest BCUT2D eigenvalue weighted by Gasteiger charge is -2.04. The lowest BCUT2D eigenvalue weighted by atomic mass is 10.3. The van der Waals surface area contributed by atoms with Gasteiger partial charge in [-0.05, 0) is 25.4 Å². The Morgan fingerprint density at radius 1 is 1.55 bits per heavy atom. The number of hydrazone groups is 1. The number of ether oxygens (including phenoxy) is 1. The fourth-order valence-electron chi connectivity index (χ4n) is 1.50. The number of nitrogens with zero attached hydrogens (tertiary/aromatic N) is 4. The van der Waals surface area contributed by atoms with E-state index in [0.717, 1.165) is 0 Å². The van der Waals surface area contributed by atoms with Gasteiger partial charge in [0.25, 0.3) is 0 Å². The fraction of sp³-hybridized carbons (Fsp3) is 0.364. The third-order valence-electron chi connectivity index (χ3n) is 2.32. The largest absolute Gasteiger partial charge is 0.466 e. The zero-order valence-electron chi connectivity index (χ0n) is 11.0. The number of imidazole rings is 1. The summed E-state index contributed by atoms with van der Waals surface area (Å²) in [6, 6.07) is 0. The minimum atomic E-state index is -0.331. The number of carbonyl (C=O) groups excluding carboxylic acids is 1. The van der Waals surface area contributed by atoms with Crippen molar-refractivity contribution in [3.05, 3.63) is 11.6 Å². The van der Waals surface area contributed by atoms with Crippen LogP contribution in [0.1, 0.15) is 20.3 Å². The molecule has 106 valence electrons. The molecule has 0 bridgehead atoms. The predicted molar refractivity (Wildman–Crippen MR) is 74.7 cm³/mol. The quantitative estimate of drug-likeness (QED) is 0.377. The molecule has 0 saturated carbocycles. The second kappa shape index (κ2) is 6.29. The number of esters is 1. The molecule has 2 rings (SSSR count). The minimum absolute atomic E-state index is 0.0605. The number of rotatable bonds is 5. The van der Waals surface area contributed by atoms with Crippen LogP contribution in [0.2, 0.25) is 5.28 Å². The van der Waals surface area contributed by atoms with Crippen LogP contribution in [0.25, 0.3) is 11.2 Å². The van der Waals surface area contributed by atoms with E-state index in [0.29, 0.717) is 29.3 Å². The van der Waals surface area contributed by atoms with E-state index in [9.17, 15) is 4.79 Å². The molecule has 2 heterocycles. The number of fused-ring (bicyclic) bond motifs is 1. The molecule has 0 aromatic carbocycles. The molecule has 2 aromatic rings. The second-order valence-corrected chi connectivity index (χ2v) is 4.22. The van der Waals surface area contributed by atoms with Gasteiger partial charge in [-0.15, -0.1) is 0 Å². The summed E-state index contributed by atoms with van der Waals surface area (Å²) in [7, 11) is 0. The van der Waals surface area contributed by atoms with Crippen molar-refractivity contribution in [2.45, 2.75) is 20.3 Å². The van der Waals surface area contributed by atoms with Crippen molar-refractivity contribution in [1.82, 2.24) is 19.9 Å². The topological polar surface area (TPSA) is 105 Å². The van der Waals surface area contributed by atoms with E-state index in [2.05, 4.69) is 30.5 Å². The summed E-state index contributed by atoms with van der Waals surface area (Å²) in [5.41, 5.74) is 4.32. The van der Waals surface area contributed by atoms with Gasteiger partial charge in [-0.25, -0.2) is 4.98 Å². The SMILES string of the molecule is CCOC(=O)CC(C)=NNc1nc(Cl)nc2nc[nH]c12. The summed E-state index contributed by atoms with van der Waals surface area (Å²) < 4.78 is 4.83. The van der Waals surface area contributed by atoms with Gasteiger partial charge in [0, 0.05) is 5.71 Å². The van der Waals surface area contributed by atoms with Crippen LogP contribution in [0, 0.1) is 0 Å². The van der Waals surface area contributed by atoms with E-state index < -0.39 is 0 Å². The molecule has 0 saturated heterocycles. The highest BCUT2D eigenvalue weighted by Gasteiger charge is 2.09. The molecule has 0 aliphatic heterocycles. The normalized spacial score (nSPS) is 11.7. The summed E-state index contributed by atoms with van der Waals surface area (Å²) in [5.74, 6) is 0.0590. The first kappa shape index (κ1) is 14.2. The first-order valence-electron chi connectivity index (χ1n) is 5.91. The molecule has 0 fully saturated rings. The highest BCUT2D eigenvalue weighted by atomic mass is 35.5. The Morgan fingerprint density at radius 2 is 2.35 bits per heavy atom. The van der Waals surface area contributed by atoms with Crippen molar-refractivity contribution in [2.75, 3.05) is 12.0 Å². The number of hydrogen-bond donors (Lipinski definition) is 2. The third-order valence-corrected chi connectivity index (χ3v) is 2.49. The maximum absolute atomic E-state index is 11.3. The summed E-state index contributed by atoms with van der Waals surface area (Å²) in [5, 5.41) is 4.12. The highest BCUT2D eigenvalue weighted by molar-refractivity contribution is 6.28. The highest BCUT2D eigenvalue weighted by Crippen LogP contribution is 2.18. The van der Waals surface area contributed by atoms with Gasteiger partial charge in [-0.2, -0.15) is 15.1 Å². The van der Waals surface area contributed by atoms with Crippen molar-refractivity contribution >= 4 is 40.3 Å². The van der Waals surface area contributed by atoms with Crippen molar-refractivity contribution in [1.29, 1.82) is 0 Å². The van der Waals surface area contributed by atoms with Crippen LogP contribution in [-0.2, 0) is 9.53 Å². The Balaban J connectivity index is 2.12. The molecule has 0 radical (unpaired) electrons. The van der Waals surface area contributed by atoms with Gasteiger partial charge < -0.3 is 9.72 Å². The number of carbonyl (C=O) groups is 1. The number of halogens is 1. The molecule has 9 heteroatoms. The third kappa shape index (κ3) is 3.41. The average Bonchev–Trinajstić information content (AvgIpc) is 2.84. The summed E-state index contributed by atoms with van der Waals surface area (Å²) >= 11 is 5.78. The van der Waals surface area contributed by atoms with E-state index in [1.165, 1.54) is 6.33 Å². The zero-order chi connectivity index (χ0) is 14.5. The van der Waals surface area contributed by atoms with Crippen LogP contribution >= 0.6 is 11.6 Å². The van der Waals surface area contributed by atoms with E-state index in [-0.39, 0.29) is 17.7 Å². The van der Waals surface area contributed by atoms with Gasteiger partial charge in [0.05, 0.1) is 19.4 Å². The number of aromatic amines is 1. The van der Waals surface area contributed by atoms with Crippen LogP contribution in [0.4, 0.5) is 5.82 Å². The molecule has 2 N–H and O–H groups in total. The van der Waals surface area contributed by atoms with E-state index in [1.807, 2.05) is 0 Å². The standard InChI is InChI=1S/C11H13ClN6O2/c1-3-20-7(19)4-6(2)17-18-10-8-9(14-5-13-8)15-11(12)16-10/h5H,3-4H2,1-2H3,(H2,13,14,15,16,18). The number of hydrogen-bond acceptors (Lipinski definition) is 7. The van der Waals surface area contributed by atoms with Crippen LogP contribution < -0.4 is 5.43 Å². The Morgan fingerprint density at radius 3 is 3.10 bits per heavy atom. The van der Waals surface area contributed by atoms with Gasteiger partial charge in [0.1, 0.15) is 5.52 Å². The molecule has 0 atom stereocenters. The Kier molecular flexibility index (Phi) is 4.46. The van der Waals surface area contributed by atoms with Gasteiger partial charge in [-0.1, -0.05) is 0 Å². The lowest BCUT2D eigenvalue weighted by molar-refractivity contribution is -0.141. The zero-order valence-corrected chi connectivity index (χ0v) is 11.7. The van der Waals surface area contributed by atoms with E-state index in [1.54, 1.807) is 13.8 Å². The predicted octanol–water partition coefficient (Wildman–Crippen LogP) is 1.75. The Bertz CT molecular complexity index is 653. The van der Waals surface area contributed by atoms with Gasteiger partial charge in [0.15, 0.2) is 11.5 Å². The summed E-state index contributed by atoms with van der Waals surface area (Å²) in [6.45, 7) is 3.80. The molecule has 0 spiro atoms. The van der Waals surface area contributed by atoms with Crippen molar-refractivity contribution in [2.24, 2.45) is 5.10 Å². The molecule has 20 heavy (non-hydrogen) atoms. The Hall–Kier alpha value is -2.22. The van der Waals surface area contributed by atoms with Gasteiger partial charge in [-0.3, -0.25) is 10.2 Å². The molecule has 0 unspecified atom stereocenters. The smallest absolute Gasteiger partial charge is 0.311 e. The fourth-order valence-corrected chi connectivity index (χ4v) is 1.66. The van der Waals surface area contributed by atoms with Crippen molar-refractivity contribution < 1.29 is 9.53 Å². The number of anilines is 1. The molecule has 8 nitrogen and oxygen atoms in total. The number of nitrogens with one attached hydrogen (secondary N) is 2. The molecule has 0 amide bonds. The van der Waals surface area contributed by atoms with Gasteiger partial charge in [0.2, 0.25) is 5.28 Å². The second-order valence-electron chi connectivity index (χ2n) is 3.88. The average molecular weight is 297 g/mol.